The number of unbranched alkanes of at least 4 members (excludes halogenated alkanes) is 9. The minimum absolute atomic E-state index is 0.250. The Morgan fingerprint density at radius 2 is 1.25 bits per heavy atom. The van der Waals surface area contributed by atoms with Crippen LogP contribution in [-0.4, -0.2) is 74.3 Å². The molecule has 248 valence electrons. The standard InChI is InChI=1S/C33H51NO10/c1-24(35)34-30-32(43-27(4)38)31(42-26(3)37)29(23-41-25(2)36)44-33(30)40-21-17-12-10-8-6-5-7-9-11-16-20-39-22-28-18-14-13-15-19-28/h13-15,18-19,29-33H,5-12,16-17,20-23H2,1-4H3,(H,34,35)/t29-,30-,31+,32-,33-/m1/s1. The van der Waals surface area contributed by atoms with Crippen molar-refractivity contribution in [3.8, 4) is 0 Å². The second kappa shape index (κ2) is 21.6. The lowest BCUT2D eigenvalue weighted by Crippen LogP contribution is -2.66. The Hall–Kier alpha value is -3.02. The van der Waals surface area contributed by atoms with Gasteiger partial charge in [0.15, 0.2) is 18.5 Å². The van der Waals surface area contributed by atoms with E-state index < -0.39 is 54.5 Å². The van der Waals surface area contributed by atoms with E-state index in [0.29, 0.717) is 13.2 Å². The monoisotopic (exact) mass is 621 g/mol. The van der Waals surface area contributed by atoms with Crippen LogP contribution in [-0.2, 0) is 54.2 Å². The molecule has 1 aliphatic heterocycles. The molecule has 0 saturated carbocycles. The fraction of sp³-hybridized carbons (Fsp3) is 0.697. The normalized spacial score (nSPS) is 21.3. The summed E-state index contributed by atoms with van der Waals surface area (Å²) in [6, 6.07) is 9.29. The highest BCUT2D eigenvalue weighted by Gasteiger charge is 2.51. The lowest BCUT2D eigenvalue weighted by atomic mass is 9.96. The predicted octanol–water partition coefficient (Wildman–Crippen LogP) is 4.78. The van der Waals surface area contributed by atoms with E-state index in [1.165, 1.54) is 65.4 Å². The van der Waals surface area contributed by atoms with Crippen molar-refractivity contribution < 1.29 is 47.6 Å². The minimum Gasteiger partial charge on any atom is -0.463 e. The maximum atomic E-state index is 12.0. The van der Waals surface area contributed by atoms with Crippen LogP contribution < -0.4 is 5.32 Å². The van der Waals surface area contributed by atoms with E-state index in [-0.39, 0.29) is 6.61 Å². The van der Waals surface area contributed by atoms with Gasteiger partial charge in [0, 0.05) is 40.9 Å². The molecule has 1 heterocycles. The molecule has 0 radical (unpaired) electrons. The molecule has 44 heavy (non-hydrogen) atoms. The second-order valence-electron chi connectivity index (χ2n) is 11.2. The highest BCUT2D eigenvalue weighted by molar-refractivity contribution is 5.73. The van der Waals surface area contributed by atoms with Crippen LogP contribution in [0.4, 0.5) is 0 Å². The van der Waals surface area contributed by atoms with E-state index in [0.717, 1.165) is 38.7 Å². The molecule has 11 nitrogen and oxygen atoms in total. The van der Waals surface area contributed by atoms with Gasteiger partial charge in [-0.2, -0.15) is 0 Å². The number of rotatable bonds is 21. The van der Waals surface area contributed by atoms with Gasteiger partial charge in [-0.1, -0.05) is 81.7 Å². The Bertz CT molecular complexity index is 988. The highest BCUT2D eigenvalue weighted by Crippen LogP contribution is 2.28. The van der Waals surface area contributed by atoms with Crippen LogP contribution in [0.2, 0.25) is 0 Å². The Morgan fingerprint density at radius 1 is 0.705 bits per heavy atom. The Balaban J connectivity index is 1.69. The van der Waals surface area contributed by atoms with Crippen molar-refractivity contribution in [2.24, 2.45) is 0 Å². The Morgan fingerprint density at radius 3 is 1.80 bits per heavy atom. The van der Waals surface area contributed by atoms with Crippen LogP contribution in [0.15, 0.2) is 30.3 Å². The second-order valence-corrected chi connectivity index (χ2v) is 11.2. The van der Waals surface area contributed by atoms with Gasteiger partial charge in [0.25, 0.3) is 0 Å². The summed E-state index contributed by atoms with van der Waals surface area (Å²) in [7, 11) is 0. The average Bonchev–Trinajstić information content (AvgIpc) is 2.96. The van der Waals surface area contributed by atoms with Gasteiger partial charge in [0.1, 0.15) is 18.8 Å². The SMILES string of the molecule is CC(=O)N[C@H]1[C@H](OCCCCCCCCCCCCOCc2ccccc2)O[C@H](COC(C)=O)[C@H](OC(C)=O)[C@@H]1OC(C)=O. The smallest absolute Gasteiger partial charge is 0.303 e. The van der Waals surface area contributed by atoms with Gasteiger partial charge < -0.3 is 33.7 Å². The molecule has 0 aliphatic carbocycles. The molecule has 1 amide bonds. The number of amides is 1. The fourth-order valence-electron chi connectivity index (χ4n) is 5.12. The van der Waals surface area contributed by atoms with Crippen LogP contribution in [0.3, 0.4) is 0 Å². The van der Waals surface area contributed by atoms with Crippen LogP contribution in [0, 0.1) is 0 Å². The molecule has 1 N–H and O–H groups in total. The summed E-state index contributed by atoms with van der Waals surface area (Å²) < 4.78 is 33.8. The fourth-order valence-corrected chi connectivity index (χ4v) is 5.12. The van der Waals surface area contributed by atoms with Crippen LogP contribution in [0.5, 0.6) is 0 Å². The topological polar surface area (TPSA) is 136 Å². The first-order valence-electron chi connectivity index (χ1n) is 15.8. The molecular formula is C33H51NO10. The Kier molecular flexibility index (Phi) is 18.3. The number of benzene rings is 1. The molecular weight excluding hydrogens is 570 g/mol. The number of hydrogen-bond acceptors (Lipinski definition) is 10. The molecule has 5 atom stereocenters. The zero-order valence-electron chi connectivity index (χ0n) is 26.8. The van der Waals surface area contributed by atoms with E-state index in [2.05, 4.69) is 17.4 Å². The van der Waals surface area contributed by atoms with Crippen molar-refractivity contribution in [3.05, 3.63) is 35.9 Å². The number of carbonyl (C=O) groups excluding carboxylic acids is 4. The summed E-state index contributed by atoms with van der Waals surface area (Å²) in [5.74, 6) is -2.23. The van der Waals surface area contributed by atoms with Crippen molar-refractivity contribution in [1.29, 1.82) is 0 Å². The molecule has 11 heteroatoms. The number of nitrogens with one attached hydrogen (secondary N) is 1. The summed E-state index contributed by atoms with van der Waals surface area (Å²) in [6.07, 6.45) is 6.92. The summed E-state index contributed by atoms with van der Waals surface area (Å²) in [5, 5.41) is 2.71. The first-order chi connectivity index (χ1) is 21.2. The largest absolute Gasteiger partial charge is 0.463 e. The van der Waals surface area contributed by atoms with Crippen molar-refractivity contribution in [2.75, 3.05) is 19.8 Å². The number of esters is 3. The average molecular weight is 622 g/mol. The quantitative estimate of drug-likeness (QED) is 0.116. The van der Waals surface area contributed by atoms with Gasteiger partial charge in [-0.05, 0) is 18.4 Å². The molecule has 1 fully saturated rings. The molecule has 0 unspecified atom stereocenters. The van der Waals surface area contributed by atoms with Crippen molar-refractivity contribution in [3.63, 3.8) is 0 Å². The summed E-state index contributed by atoms with van der Waals surface area (Å²) in [5.41, 5.74) is 1.21. The number of carbonyl (C=O) groups is 4. The molecule has 0 aromatic heterocycles. The van der Waals surface area contributed by atoms with Crippen molar-refractivity contribution in [1.82, 2.24) is 5.32 Å². The molecule has 1 saturated heterocycles. The third-order valence-electron chi connectivity index (χ3n) is 7.15. The molecule has 0 spiro atoms. The van der Waals surface area contributed by atoms with Gasteiger partial charge in [0.05, 0.1) is 6.61 Å². The van der Waals surface area contributed by atoms with E-state index in [1.54, 1.807) is 0 Å². The zero-order chi connectivity index (χ0) is 32.2. The van der Waals surface area contributed by atoms with Gasteiger partial charge in [-0.25, -0.2) is 0 Å². The summed E-state index contributed by atoms with van der Waals surface area (Å²) in [6.45, 7) is 6.55. The predicted molar refractivity (Wildman–Crippen MR) is 162 cm³/mol. The molecule has 1 aromatic carbocycles. The third-order valence-corrected chi connectivity index (χ3v) is 7.15. The highest BCUT2D eigenvalue weighted by atomic mass is 16.7. The zero-order valence-corrected chi connectivity index (χ0v) is 26.8. The van der Waals surface area contributed by atoms with Gasteiger partial charge >= 0.3 is 17.9 Å². The Labute approximate surface area is 261 Å². The molecule has 0 bridgehead atoms. The van der Waals surface area contributed by atoms with Gasteiger partial charge in [0.2, 0.25) is 5.91 Å². The van der Waals surface area contributed by atoms with Crippen molar-refractivity contribution >= 4 is 23.8 Å². The lowest BCUT2D eigenvalue weighted by molar-refractivity contribution is -0.277. The lowest BCUT2D eigenvalue weighted by Gasteiger charge is -2.44. The number of hydrogen-bond donors (Lipinski definition) is 1. The van der Waals surface area contributed by atoms with E-state index in [9.17, 15) is 19.2 Å². The maximum absolute atomic E-state index is 12.0. The first kappa shape index (κ1) is 37.2. The van der Waals surface area contributed by atoms with E-state index in [4.69, 9.17) is 28.4 Å². The summed E-state index contributed by atoms with van der Waals surface area (Å²) in [4.78, 5) is 47.3. The molecule has 1 aliphatic rings. The first-order valence-corrected chi connectivity index (χ1v) is 15.8. The van der Waals surface area contributed by atoms with Crippen molar-refractivity contribution in [2.45, 2.75) is 129 Å². The van der Waals surface area contributed by atoms with Gasteiger partial charge in [-0.3, -0.25) is 19.2 Å². The minimum atomic E-state index is -1.12. The summed E-state index contributed by atoms with van der Waals surface area (Å²) >= 11 is 0. The van der Waals surface area contributed by atoms with Gasteiger partial charge in [-0.15, -0.1) is 0 Å². The van der Waals surface area contributed by atoms with E-state index in [1.807, 2.05) is 18.2 Å². The maximum Gasteiger partial charge on any atom is 0.303 e. The van der Waals surface area contributed by atoms with Crippen LogP contribution in [0.1, 0.15) is 97.5 Å². The van der Waals surface area contributed by atoms with Crippen LogP contribution >= 0.6 is 0 Å². The number of ether oxygens (including phenoxy) is 6. The third kappa shape index (κ3) is 15.6. The van der Waals surface area contributed by atoms with E-state index >= 15 is 0 Å². The molecule has 2 rings (SSSR count). The molecule has 1 aromatic rings. The van der Waals surface area contributed by atoms with Crippen LogP contribution in [0.25, 0.3) is 0 Å².